The molecule has 0 aliphatic rings. The molecular weight excluding hydrogens is 348 g/mol. The molecule has 26 heavy (non-hydrogen) atoms. The number of carbonyl (C=O) groups is 1. The van der Waals surface area contributed by atoms with Crippen molar-refractivity contribution in [2.75, 3.05) is 12.4 Å². The van der Waals surface area contributed by atoms with Gasteiger partial charge < -0.3 is 9.47 Å². The number of benzene rings is 1. The first-order valence-electron chi connectivity index (χ1n) is 8.26. The Morgan fingerprint density at radius 2 is 2.00 bits per heavy atom. The Morgan fingerprint density at radius 1 is 1.27 bits per heavy atom. The van der Waals surface area contributed by atoms with E-state index in [1.54, 1.807) is 18.1 Å². The Morgan fingerprint density at radius 3 is 2.65 bits per heavy atom. The Kier molecular flexibility index (Phi) is 5.03. The number of urea groups is 1. The SMILES string of the molecule is CN(Cc1nccn1C)C(=O)Nc1nnc(C(C)(C)c2ccccc2)s1. The first kappa shape index (κ1) is 18.1. The highest BCUT2D eigenvalue weighted by Gasteiger charge is 2.28. The zero-order valence-corrected chi connectivity index (χ0v) is 16.1. The van der Waals surface area contributed by atoms with Crippen molar-refractivity contribution in [3.8, 4) is 0 Å². The van der Waals surface area contributed by atoms with Crippen LogP contribution in [0.3, 0.4) is 0 Å². The van der Waals surface area contributed by atoms with E-state index < -0.39 is 0 Å². The molecule has 1 aromatic carbocycles. The molecule has 0 fully saturated rings. The molecule has 8 heteroatoms. The Balaban J connectivity index is 1.68. The van der Waals surface area contributed by atoms with E-state index in [0.717, 1.165) is 16.4 Å². The summed E-state index contributed by atoms with van der Waals surface area (Å²) >= 11 is 1.39. The number of imidazole rings is 1. The van der Waals surface area contributed by atoms with Crippen LogP contribution in [0.2, 0.25) is 0 Å². The maximum Gasteiger partial charge on any atom is 0.323 e. The predicted molar refractivity (Wildman–Crippen MR) is 102 cm³/mol. The van der Waals surface area contributed by atoms with E-state index >= 15 is 0 Å². The molecule has 0 saturated heterocycles. The van der Waals surface area contributed by atoms with E-state index in [1.165, 1.54) is 11.3 Å². The lowest BCUT2D eigenvalue weighted by atomic mass is 9.85. The van der Waals surface area contributed by atoms with Gasteiger partial charge in [0.05, 0.1) is 6.54 Å². The fourth-order valence-corrected chi connectivity index (χ4v) is 3.38. The zero-order valence-electron chi connectivity index (χ0n) is 15.3. The number of hydrogen-bond donors (Lipinski definition) is 1. The highest BCUT2D eigenvalue weighted by molar-refractivity contribution is 7.15. The molecule has 2 aromatic heterocycles. The average molecular weight is 370 g/mol. The highest BCUT2D eigenvalue weighted by Crippen LogP contribution is 2.34. The molecule has 0 saturated carbocycles. The summed E-state index contributed by atoms with van der Waals surface area (Å²) in [6, 6.07) is 9.90. The van der Waals surface area contributed by atoms with Crippen LogP contribution in [0.4, 0.5) is 9.93 Å². The molecule has 0 bridgehead atoms. The molecular formula is C18H22N6OS. The summed E-state index contributed by atoms with van der Waals surface area (Å²) < 4.78 is 1.88. The number of anilines is 1. The van der Waals surface area contributed by atoms with Crippen LogP contribution in [0.5, 0.6) is 0 Å². The van der Waals surface area contributed by atoms with Gasteiger partial charge in [0.25, 0.3) is 0 Å². The third-order valence-electron chi connectivity index (χ3n) is 4.32. The van der Waals surface area contributed by atoms with Crippen LogP contribution in [0.15, 0.2) is 42.7 Å². The van der Waals surface area contributed by atoms with Gasteiger partial charge >= 0.3 is 6.03 Å². The minimum atomic E-state index is -0.277. The number of hydrogen-bond acceptors (Lipinski definition) is 5. The minimum Gasteiger partial charge on any atom is -0.337 e. The van der Waals surface area contributed by atoms with Crippen molar-refractivity contribution < 1.29 is 4.79 Å². The summed E-state index contributed by atoms with van der Waals surface area (Å²) in [5.41, 5.74) is 0.877. The van der Waals surface area contributed by atoms with Crippen molar-refractivity contribution in [2.45, 2.75) is 25.8 Å². The van der Waals surface area contributed by atoms with E-state index in [4.69, 9.17) is 0 Å². The fourth-order valence-electron chi connectivity index (χ4n) is 2.52. The number of carbonyl (C=O) groups excluding carboxylic acids is 1. The third kappa shape index (κ3) is 3.75. The van der Waals surface area contributed by atoms with Crippen molar-refractivity contribution >= 4 is 22.5 Å². The molecule has 1 N–H and O–H groups in total. The topological polar surface area (TPSA) is 75.9 Å². The van der Waals surface area contributed by atoms with E-state index in [9.17, 15) is 4.79 Å². The van der Waals surface area contributed by atoms with Gasteiger partial charge in [0.2, 0.25) is 5.13 Å². The summed E-state index contributed by atoms with van der Waals surface area (Å²) in [6.07, 6.45) is 3.56. The van der Waals surface area contributed by atoms with Crippen LogP contribution in [0.25, 0.3) is 0 Å². The van der Waals surface area contributed by atoms with Crippen LogP contribution >= 0.6 is 11.3 Å². The number of rotatable bonds is 5. The third-order valence-corrected chi connectivity index (χ3v) is 5.48. The number of aryl methyl sites for hydroxylation is 1. The van der Waals surface area contributed by atoms with Crippen molar-refractivity contribution in [1.29, 1.82) is 0 Å². The number of aromatic nitrogens is 4. The second-order valence-electron chi connectivity index (χ2n) is 6.64. The quantitative estimate of drug-likeness (QED) is 0.748. The van der Waals surface area contributed by atoms with Crippen molar-refractivity contribution in [1.82, 2.24) is 24.6 Å². The second kappa shape index (κ2) is 7.25. The lowest BCUT2D eigenvalue weighted by Crippen LogP contribution is -2.31. The number of nitrogens with one attached hydrogen (secondary N) is 1. The average Bonchev–Trinajstić information content (AvgIpc) is 3.25. The Bertz CT molecular complexity index is 886. The van der Waals surface area contributed by atoms with Crippen molar-refractivity contribution in [3.05, 3.63) is 59.1 Å². The zero-order chi connectivity index (χ0) is 18.7. The monoisotopic (exact) mass is 370 g/mol. The molecule has 0 unspecified atom stereocenters. The molecule has 3 rings (SSSR count). The molecule has 3 aromatic rings. The van der Waals surface area contributed by atoms with Gasteiger partial charge in [-0.2, -0.15) is 0 Å². The summed E-state index contributed by atoms with van der Waals surface area (Å²) in [5, 5.41) is 12.6. The summed E-state index contributed by atoms with van der Waals surface area (Å²) in [7, 11) is 3.62. The van der Waals surface area contributed by atoms with Gasteiger partial charge in [-0.05, 0) is 19.4 Å². The van der Waals surface area contributed by atoms with Crippen molar-refractivity contribution in [2.24, 2.45) is 7.05 Å². The van der Waals surface area contributed by atoms with Crippen LogP contribution in [0.1, 0.15) is 30.2 Å². The molecule has 0 aliphatic heterocycles. The first-order valence-corrected chi connectivity index (χ1v) is 9.07. The van der Waals surface area contributed by atoms with E-state index in [-0.39, 0.29) is 11.4 Å². The first-order chi connectivity index (χ1) is 12.4. The van der Waals surface area contributed by atoms with E-state index in [2.05, 4.69) is 46.5 Å². The molecule has 136 valence electrons. The molecule has 0 spiro atoms. The smallest absolute Gasteiger partial charge is 0.323 e. The maximum absolute atomic E-state index is 12.4. The van der Waals surface area contributed by atoms with Gasteiger partial charge in [0.15, 0.2) is 0 Å². The highest BCUT2D eigenvalue weighted by atomic mass is 32.1. The second-order valence-corrected chi connectivity index (χ2v) is 7.62. The standard InChI is InChI=1S/C18H22N6OS/c1-18(2,13-8-6-5-7-9-13)15-21-22-16(26-15)20-17(25)24(4)12-14-19-10-11-23(14)3/h5-11H,12H2,1-4H3,(H,20,22,25). The predicted octanol–water partition coefficient (Wildman–Crippen LogP) is 3.26. The van der Waals surface area contributed by atoms with Crippen molar-refractivity contribution in [3.63, 3.8) is 0 Å². The normalized spacial score (nSPS) is 11.4. The largest absolute Gasteiger partial charge is 0.337 e. The fraction of sp³-hybridized carbons (Fsp3) is 0.333. The summed E-state index contributed by atoms with van der Waals surface area (Å²) in [6.45, 7) is 4.61. The molecule has 0 aliphatic carbocycles. The van der Waals surface area contributed by atoms with Crippen LogP contribution < -0.4 is 5.32 Å². The van der Waals surface area contributed by atoms with E-state index in [0.29, 0.717) is 11.7 Å². The lowest BCUT2D eigenvalue weighted by Gasteiger charge is -2.21. The molecule has 2 amide bonds. The van der Waals surface area contributed by atoms with Gasteiger partial charge in [-0.15, -0.1) is 10.2 Å². The number of nitrogens with zero attached hydrogens (tertiary/aromatic N) is 5. The minimum absolute atomic E-state index is 0.242. The van der Waals surface area contributed by atoms with Crippen LogP contribution in [0, 0.1) is 0 Å². The van der Waals surface area contributed by atoms with Gasteiger partial charge in [-0.3, -0.25) is 5.32 Å². The van der Waals surface area contributed by atoms with E-state index in [1.807, 2.05) is 36.0 Å². The van der Waals surface area contributed by atoms with Gasteiger partial charge in [-0.25, -0.2) is 9.78 Å². The van der Waals surface area contributed by atoms with Gasteiger partial charge in [0, 0.05) is 31.9 Å². The molecule has 0 atom stereocenters. The Labute approximate surface area is 156 Å². The molecule has 0 radical (unpaired) electrons. The number of amides is 2. The lowest BCUT2D eigenvalue weighted by molar-refractivity contribution is 0.219. The van der Waals surface area contributed by atoms with Crippen LogP contribution in [-0.4, -0.2) is 37.7 Å². The van der Waals surface area contributed by atoms with Crippen LogP contribution in [-0.2, 0) is 19.0 Å². The molecule has 7 nitrogen and oxygen atoms in total. The van der Waals surface area contributed by atoms with Gasteiger partial charge in [-0.1, -0.05) is 41.7 Å². The Hall–Kier alpha value is -2.74. The maximum atomic E-state index is 12.4. The van der Waals surface area contributed by atoms with Gasteiger partial charge in [0.1, 0.15) is 10.8 Å². The molecule has 2 heterocycles. The summed E-state index contributed by atoms with van der Waals surface area (Å²) in [5.74, 6) is 0.811. The summed E-state index contributed by atoms with van der Waals surface area (Å²) in [4.78, 5) is 18.2.